The first-order valence-corrected chi connectivity index (χ1v) is 7.02. The molecule has 2 atom stereocenters. The van der Waals surface area contributed by atoms with E-state index >= 15 is 0 Å². The molecule has 0 saturated heterocycles. The van der Waals surface area contributed by atoms with Crippen LogP contribution in [-0.2, 0) is 0 Å². The van der Waals surface area contributed by atoms with Crippen LogP contribution in [0.25, 0.3) is 0 Å². The molecule has 2 unspecified atom stereocenters. The average molecular weight is 249 g/mol. The van der Waals surface area contributed by atoms with Crippen molar-refractivity contribution in [3.05, 3.63) is 29.3 Å². The van der Waals surface area contributed by atoms with E-state index in [-0.39, 0.29) is 0 Å². The molecule has 2 heteroatoms. The standard InChI is InChI=1S/C16H27NO/c1-6-12(3)15(17-7-2)11-18-16-13(4)9-8-10-14(16)5/h8-10,12,15,17H,6-7,11H2,1-5H3. The largest absolute Gasteiger partial charge is 0.491 e. The Labute approximate surface area is 112 Å². The third-order valence-electron chi connectivity index (χ3n) is 3.61. The highest BCUT2D eigenvalue weighted by molar-refractivity contribution is 5.39. The number of likely N-dealkylation sites (N-methyl/N-ethyl adjacent to an activating group) is 1. The van der Waals surface area contributed by atoms with Gasteiger partial charge in [0.1, 0.15) is 12.4 Å². The van der Waals surface area contributed by atoms with Crippen LogP contribution in [0.5, 0.6) is 5.75 Å². The maximum Gasteiger partial charge on any atom is 0.125 e. The molecule has 0 fully saturated rings. The van der Waals surface area contributed by atoms with Crippen molar-refractivity contribution in [2.45, 2.75) is 47.1 Å². The highest BCUT2D eigenvalue weighted by atomic mass is 16.5. The molecule has 0 radical (unpaired) electrons. The first-order chi connectivity index (χ1) is 8.60. The van der Waals surface area contributed by atoms with E-state index in [2.05, 4.69) is 58.1 Å². The molecule has 0 bridgehead atoms. The fourth-order valence-corrected chi connectivity index (χ4v) is 2.17. The van der Waals surface area contributed by atoms with Crippen molar-refractivity contribution < 1.29 is 4.74 Å². The smallest absolute Gasteiger partial charge is 0.125 e. The second-order valence-electron chi connectivity index (χ2n) is 5.08. The third kappa shape index (κ3) is 4.02. The van der Waals surface area contributed by atoms with Crippen molar-refractivity contribution in [3.63, 3.8) is 0 Å². The molecular formula is C16H27NO. The maximum atomic E-state index is 6.04. The van der Waals surface area contributed by atoms with Gasteiger partial charge in [-0.05, 0) is 37.4 Å². The average Bonchev–Trinajstić information content (AvgIpc) is 2.36. The van der Waals surface area contributed by atoms with Crippen LogP contribution in [0.3, 0.4) is 0 Å². The second kappa shape index (κ2) is 7.42. The number of aryl methyl sites for hydroxylation is 2. The van der Waals surface area contributed by atoms with E-state index in [1.807, 2.05) is 0 Å². The molecule has 102 valence electrons. The van der Waals surface area contributed by atoms with Gasteiger partial charge in [0.15, 0.2) is 0 Å². The lowest BCUT2D eigenvalue weighted by Crippen LogP contribution is -2.39. The minimum atomic E-state index is 0.430. The summed E-state index contributed by atoms with van der Waals surface area (Å²) in [4.78, 5) is 0. The lowest BCUT2D eigenvalue weighted by atomic mass is 10.00. The van der Waals surface area contributed by atoms with Crippen molar-refractivity contribution in [2.75, 3.05) is 13.2 Å². The Balaban J connectivity index is 2.66. The molecule has 1 aromatic rings. The number of hydrogen-bond acceptors (Lipinski definition) is 2. The van der Waals surface area contributed by atoms with Gasteiger partial charge in [-0.2, -0.15) is 0 Å². The Kier molecular flexibility index (Phi) is 6.20. The second-order valence-corrected chi connectivity index (χ2v) is 5.08. The summed E-state index contributed by atoms with van der Waals surface area (Å²) in [5, 5.41) is 3.52. The topological polar surface area (TPSA) is 21.3 Å². The SMILES string of the molecule is CCNC(COc1c(C)cccc1C)C(C)CC. The van der Waals surface area contributed by atoms with Gasteiger partial charge < -0.3 is 10.1 Å². The first-order valence-electron chi connectivity index (χ1n) is 7.02. The van der Waals surface area contributed by atoms with Gasteiger partial charge in [0.2, 0.25) is 0 Å². The summed E-state index contributed by atoms with van der Waals surface area (Å²) in [5.41, 5.74) is 2.43. The molecule has 0 aliphatic carbocycles. The van der Waals surface area contributed by atoms with Crippen molar-refractivity contribution in [2.24, 2.45) is 5.92 Å². The van der Waals surface area contributed by atoms with Crippen molar-refractivity contribution >= 4 is 0 Å². The van der Waals surface area contributed by atoms with Crippen LogP contribution in [0, 0.1) is 19.8 Å². The zero-order valence-electron chi connectivity index (χ0n) is 12.4. The van der Waals surface area contributed by atoms with Gasteiger partial charge in [-0.15, -0.1) is 0 Å². The molecule has 0 aromatic heterocycles. The van der Waals surface area contributed by atoms with E-state index in [1.165, 1.54) is 17.5 Å². The zero-order valence-corrected chi connectivity index (χ0v) is 12.4. The minimum Gasteiger partial charge on any atom is -0.491 e. The predicted octanol–water partition coefficient (Wildman–Crippen LogP) is 3.71. The van der Waals surface area contributed by atoms with Crippen LogP contribution in [0.1, 0.15) is 38.3 Å². The molecule has 18 heavy (non-hydrogen) atoms. The van der Waals surface area contributed by atoms with Crippen LogP contribution in [0.4, 0.5) is 0 Å². The summed E-state index contributed by atoms with van der Waals surface area (Å²) in [7, 11) is 0. The quantitative estimate of drug-likeness (QED) is 0.795. The number of rotatable bonds is 7. The van der Waals surface area contributed by atoms with Gasteiger partial charge in [-0.25, -0.2) is 0 Å². The number of ether oxygens (including phenoxy) is 1. The summed E-state index contributed by atoms with van der Waals surface area (Å²) in [5.74, 6) is 1.68. The molecule has 0 amide bonds. The van der Waals surface area contributed by atoms with Crippen LogP contribution in [0.15, 0.2) is 18.2 Å². The Bertz CT molecular complexity index is 342. The molecular weight excluding hydrogens is 222 g/mol. The molecule has 1 N–H and O–H groups in total. The fourth-order valence-electron chi connectivity index (χ4n) is 2.17. The molecule has 1 rings (SSSR count). The molecule has 1 aromatic carbocycles. The summed E-state index contributed by atoms with van der Waals surface area (Å²) >= 11 is 0. The molecule has 0 aliphatic heterocycles. The van der Waals surface area contributed by atoms with Gasteiger partial charge in [-0.3, -0.25) is 0 Å². The van der Waals surface area contributed by atoms with Gasteiger partial charge in [0, 0.05) is 6.04 Å². The third-order valence-corrected chi connectivity index (χ3v) is 3.61. The molecule has 0 saturated carbocycles. The van der Waals surface area contributed by atoms with E-state index in [0.29, 0.717) is 12.0 Å². The summed E-state index contributed by atoms with van der Waals surface area (Å²) < 4.78 is 6.04. The number of para-hydroxylation sites is 1. The van der Waals surface area contributed by atoms with Crippen LogP contribution < -0.4 is 10.1 Å². The van der Waals surface area contributed by atoms with Crippen LogP contribution in [-0.4, -0.2) is 19.2 Å². The maximum absolute atomic E-state index is 6.04. The van der Waals surface area contributed by atoms with Crippen LogP contribution in [0.2, 0.25) is 0 Å². The van der Waals surface area contributed by atoms with Gasteiger partial charge in [0.05, 0.1) is 0 Å². The molecule has 0 heterocycles. The van der Waals surface area contributed by atoms with Crippen LogP contribution >= 0.6 is 0 Å². The van der Waals surface area contributed by atoms with Crippen molar-refractivity contribution in [1.29, 1.82) is 0 Å². The Morgan fingerprint density at radius 2 is 1.78 bits per heavy atom. The minimum absolute atomic E-state index is 0.430. The van der Waals surface area contributed by atoms with Gasteiger partial charge in [0.25, 0.3) is 0 Å². The van der Waals surface area contributed by atoms with Gasteiger partial charge >= 0.3 is 0 Å². The highest BCUT2D eigenvalue weighted by Gasteiger charge is 2.16. The first kappa shape index (κ1) is 15.0. The summed E-state index contributed by atoms with van der Waals surface area (Å²) in [6, 6.07) is 6.72. The van der Waals surface area contributed by atoms with Crippen molar-refractivity contribution in [3.8, 4) is 5.75 Å². The molecule has 0 aliphatic rings. The molecule has 0 spiro atoms. The lowest BCUT2D eigenvalue weighted by Gasteiger charge is -2.25. The normalized spacial score (nSPS) is 14.3. The van der Waals surface area contributed by atoms with E-state index in [1.54, 1.807) is 0 Å². The number of nitrogens with one attached hydrogen (secondary N) is 1. The highest BCUT2D eigenvalue weighted by Crippen LogP contribution is 2.23. The summed E-state index contributed by atoms with van der Waals surface area (Å²) in [6.45, 7) is 12.6. The van der Waals surface area contributed by atoms with E-state index in [0.717, 1.165) is 18.9 Å². The number of hydrogen-bond donors (Lipinski definition) is 1. The van der Waals surface area contributed by atoms with E-state index in [9.17, 15) is 0 Å². The zero-order chi connectivity index (χ0) is 13.5. The fraction of sp³-hybridized carbons (Fsp3) is 0.625. The Morgan fingerprint density at radius 1 is 1.17 bits per heavy atom. The predicted molar refractivity (Wildman–Crippen MR) is 78.3 cm³/mol. The van der Waals surface area contributed by atoms with E-state index in [4.69, 9.17) is 4.74 Å². The van der Waals surface area contributed by atoms with E-state index < -0.39 is 0 Å². The Morgan fingerprint density at radius 3 is 2.28 bits per heavy atom. The number of benzene rings is 1. The molecule has 2 nitrogen and oxygen atoms in total. The monoisotopic (exact) mass is 249 g/mol. The van der Waals surface area contributed by atoms with Gasteiger partial charge in [-0.1, -0.05) is 45.4 Å². The Hall–Kier alpha value is -1.02. The van der Waals surface area contributed by atoms with Crippen molar-refractivity contribution in [1.82, 2.24) is 5.32 Å². The summed E-state index contributed by atoms with van der Waals surface area (Å²) in [6.07, 6.45) is 1.17. The lowest BCUT2D eigenvalue weighted by molar-refractivity contribution is 0.220.